The van der Waals surface area contributed by atoms with Gasteiger partial charge in [-0.2, -0.15) is 5.10 Å². The van der Waals surface area contributed by atoms with Gasteiger partial charge in [-0.15, -0.1) is 0 Å². The number of rotatable bonds is 6. The van der Waals surface area contributed by atoms with Crippen molar-refractivity contribution in [3.8, 4) is 0 Å². The van der Waals surface area contributed by atoms with Crippen molar-refractivity contribution >= 4 is 5.82 Å². The molecule has 128 valence electrons. The normalized spacial score (nSPS) is 29.6. The van der Waals surface area contributed by atoms with Crippen molar-refractivity contribution in [2.45, 2.75) is 43.5 Å². The lowest BCUT2D eigenvalue weighted by molar-refractivity contribution is 0.117. The molecule has 2 aliphatic rings. The van der Waals surface area contributed by atoms with E-state index in [9.17, 15) is 0 Å². The van der Waals surface area contributed by atoms with E-state index in [-0.39, 0.29) is 6.10 Å². The molecular weight excluding hydrogens is 304 g/mol. The molecule has 4 rings (SSSR count). The molecule has 2 fully saturated rings. The zero-order valence-corrected chi connectivity index (χ0v) is 14.0. The summed E-state index contributed by atoms with van der Waals surface area (Å²) in [6.07, 6.45) is 10.9. The number of anilines is 1. The van der Waals surface area contributed by atoms with Crippen LogP contribution in [0.25, 0.3) is 0 Å². The molecule has 1 N–H and O–H groups in total. The molecule has 1 saturated carbocycles. The van der Waals surface area contributed by atoms with Crippen molar-refractivity contribution in [3.63, 3.8) is 0 Å². The molecule has 0 aromatic carbocycles. The maximum atomic E-state index is 5.58. The highest BCUT2D eigenvalue weighted by atomic mass is 16.5. The molecule has 0 amide bonds. The first-order valence-electron chi connectivity index (χ1n) is 8.61. The van der Waals surface area contributed by atoms with Gasteiger partial charge < -0.3 is 15.0 Å². The van der Waals surface area contributed by atoms with Crippen LogP contribution in [-0.4, -0.2) is 58.1 Å². The second kappa shape index (κ2) is 6.86. The van der Waals surface area contributed by atoms with Gasteiger partial charge in [0.15, 0.2) is 0 Å². The summed E-state index contributed by atoms with van der Waals surface area (Å²) < 4.78 is 7.65. The standard InChI is InChI=1S/C17H24N6O/c1-24-16-9-15(22(11-16)17-3-5-18-12-20-17)10-19-13-7-14(8-13)23-6-2-4-21-23/h2-6,12-16,19H,7-11H2,1H3/t13?,14?,15-,16-/m1/s1. The number of methoxy groups -OCH3 is 1. The minimum Gasteiger partial charge on any atom is -0.380 e. The molecule has 0 spiro atoms. The van der Waals surface area contributed by atoms with Crippen molar-refractivity contribution in [3.05, 3.63) is 37.1 Å². The van der Waals surface area contributed by atoms with Crippen LogP contribution < -0.4 is 10.2 Å². The second-order valence-corrected chi connectivity index (χ2v) is 6.68. The zero-order chi connectivity index (χ0) is 16.4. The molecule has 1 saturated heterocycles. The lowest BCUT2D eigenvalue weighted by Crippen LogP contribution is -2.47. The molecule has 2 atom stereocenters. The molecule has 2 aromatic rings. The molecule has 7 nitrogen and oxygen atoms in total. The number of nitrogens with zero attached hydrogens (tertiary/aromatic N) is 5. The predicted molar refractivity (Wildman–Crippen MR) is 90.9 cm³/mol. The SMILES string of the molecule is CO[C@@H]1C[C@H](CNC2CC(n3cccn3)C2)N(c2ccncn2)C1. The maximum absolute atomic E-state index is 5.58. The third-order valence-corrected chi connectivity index (χ3v) is 5.22. The monoisotopic (exact) mass is 328 g/mol. The Morgan fingerprint density at radius 2 is 2.21 bits per heavy atom. The van der Waals surface area contributed by atoms with Crippen LogP contribution in [0.1, 0.15) is 25.3 Å². The van der Waals surface area contributed by atoms with Gasteiger partial charge in [-0.25, -0.2) is 9.97 Å². The van der Waals surface area contributed by atoms with Gasteiger partial charge in [0.2, 0.25) is 0 Å². The topological polar surface area (TPSA) is 68.1 Å². The van der Waals surface area contributed by atoms with Gasteiger partial charge in [-0.1, -0.05) is 0 Å². The third kappa shape index (κ3) is 3.14. The molecule has 1 aliphatic carbocycles. The Kier molecular flexibility index (Phi) is 4.44. The highest BCUT2D eigenvalue weighted by Crippen LogP contribution is 2.32. The van der Waals surface area contributed by atoms with Crippen molar-refractivity contribution in [1.82, 2.24) is 25.1 Å². The first-order valence-corrected chi connectivity index (χ1v) is 8.61. The van der Waals surface area contributed by atoms with Crippen LogP contribution in [0.15, 0.2) is 37.1 Å². The number of nitrogens with one attached hydrogen (secondary N) is 1. The van der Waals surface area contributed by atoms with Gasteiger partial charge in [-0.3, -0.25) is 4.68 Å². The Bertz CT molecular complexity index is 628. The molecule has 0 bridgehead atoms. The summed E-state index contributed by atoms with van der Waals surface area (Å²) in [5.74, 6) is 0.986. The van der Waals surface area contributed by atoms with Crippen molar-refractivity contribution in [2.75, 3.05) is 25.1 Å². The van der Waals surface area contributed by atoms with E-state index in [1.54, 1.807) is 19.6 Å². The molecule has 0 radical (unpaired) electrons. The summed E-state index contributed by atoms with van der Waals surface area (Å²) in [5, 5.41) is 8.05. The first kappa shape index (κ1) is 15.5. The zero-order valence-electron chi connectivity index (χ0n) is 14.0. The van der Waals surface area contributed by atoms with E-state index >= 15 is 0 Å². The minimum absolute atomic E-state index is 0.268. The molecule has 1 aliphatic heterocycles. The van der Waals surface area contributed by atoms with Crippen LogP contribution in [0.3, 0.4) is 0 Å². The van der Waals surface area contributed by atoms with Gasteiger partial charge in [-0.05, 0) is 31.4 Å². The minimum atomic E-state index is 0.268. The highest BCUT2D eigenvalue weighted by molar-refractivity contribution is 5.40. The average molecular weight is 328 g/mol. The molecule has 0 unspecified atom stereocenters. The van der Waals surface area contributed by atoms with Crippen LogP contribution >= 0.6 is 0 Å². The molecular formula is C17H24N6O. The van der Waals surface area contributed by atoms with Crippen LogP contribution in [-0.2, 0) is 4.74 Å². The fraction of sp³-hybridized carbons (Fsp3) is 0.588. The van der Waals surface area contributed by atoms with E-state index in [0.29, 0.717) is 18.1 Å². The summed E-state index contributed by atoms with van der Waals surface area (Å²) in [4.78, 5) is 10.8. The largest absolute Gasteiger partial charge is 0.380 e. The molecule has 3 heterocycles. The number of aromatic nitrogens is 4. The lowest BCUT2D eigenvalue weighted by atomic mass is 9.86. The van der Waals surface area contributed by atoms with E-state index in [1.807, 2.05) is 18.3 Å². The van der Waals surface area contributed by atoms with Gasteiger partial charge in [0.05, 0.1) is 12.1 Å². The Balaban J connectivity index is 1.32. The number of ether oxygens (including phenoxy) is 1. The average Bonchev–Trinajstić information content (AvgIpc) is 3.24. The van der Waals surface area contributed by atoms with Crippen LogP contribution in [0, 0.1) is 0 Å². The van der Waals surface area contributed by atoms with Gasteiger partial charge in [0.1, 0.15) is 12.1 Å². The summed E-state index contributed by atoms with van der Waals surface area (Å²) >= 11 is 0. The van der Waals surface area contributed by atoms with E-state index in [2.05, 4.69) is 36.2 Å². The maximum Gasteiger partial charge on any atom is 0.132 e. The fourth-order valence-electron chi connectivity index (χ4n) is 3.74. The van der Waals surface area contributed by atoms with E-state index < -0.39 is 0 Å². The predicted octanol–water partition coefficient (Wildman–Crippen LogP) is 1.26. The summed E-state index contributed by atoms with van der Waals surface area (Å²) in [5.41, 5.74) is 0. The smallest absolute Gasteiger partial charge is 0.132 e. The summed E-state index contributed by atoms with van der Waals surface area (Å²) in [6, 6.07) is 5.50. The van der Waals surface area contributed by atoms with Gasteiger partial charge >= 0.3 is 0 Å². The fourth-order valence-corrected chi connectivity index (χ4v) is 3.74. The summed E-state index contributed by atoms with van der Waals surface area (Å²) in [7, 11) is 1.79. The van der Waals surface area contributed by atoms with Gasteiger partial charge in [0, 0.05) is 50.9 Å². The first-order chi connectivity index (χ1) is 11.8. The van der Waals surface area contributed by atoms with Crippen LogP contribution in [0.2, 0.25) is 0 Å². The van der Waals surface area contributed by atoms with Gasteiger partial charge in [0.25, 0.3) is 0 Å². The summed E-state index contributed by atoms with van der Waals surface area (Å²) in [6.45, 7) is 1.85. The Labute approximate surface area is 142 Å². The molecule has 24 heavy (non-hydrogen) atoms. The van der Waals surface area contributed by atoms with E-state index in [0.717, 1.165) is 38.2 Å². The van der Waals surface area contributed by atoms with Crippen LogP contribution in [0.5, 0.6) is 0 Å². The van der Waals surface area contributed by atoms with Crippen molar-refractivity contribution < 1.29 is 4.74 Å². The Morgan fingerprint density at radius 3 is 2.92 bits per heavy atom. The Morgan fingerprint density at radius 1 is 1.29 bits per heavy atom. The van der Waals surface area contributed by atoms with E-state index in [4.69, 9.17) is 4.74 Å². The number of hydrogen-bond donors (Lipinski definition) is 1. The van der Waals surface area contributed by atoms with Crippen molar-refractivity contribution in [1.29, 1.82) is 0 Å². The molecule has 7 heteroatoms. The van der Waals surface area contributed by atoms with Crippen molar-refractivity contribution in [2.24, 2.45) is 0 Å². The molecule has 2 aromatic heterocycles. The third-order valence-electron chi connectivity index (χ3n) is 5.22. The quantitative estimate of drug-likeness (QED) is 0.861. The second-order valence-electron chi connectivity index (χ2n) is 6.68. The Hall–Kier alpha value is -1.99. The lowest BCUT2D eigenvalue weighted by Gasteiger charge is -2.37. The van der Waals surface area contributed by atoms with E-state index in [1.165, 1.54) is 0 Å². The van der Waals surface area contributed by atoms with Crippen LogP contribution in [0.4, 0.5) is 5.82 Å². The number of hydrogen-bond acceptors (Lipinski definition) is 6. The highest BCUT2D eigenvalue weighted by Gasteiger charge is 2.35.